The molecule has 1 amide bonds. The third kappa shape index (κ3) is 3.00. The van der Waals surface area contributed by atoms with Gasteiger partial charge < -0.3 is 5.11 Å². The maximum atomic E-state index is 11.7. The lowest BCUT2D eigenvalue weighted by Gasteiger charge is -2.14. The van der Waals surface area contributed by atoms with Crippen molar-refractivity contribution in [1.82, 2.24) is 0 Å². The summed E-state index contributed by atoms with van der Waals surface area (Å²) in [5.41, 5.74) is -0.384. The van der Waals surface area contributed by atoms with Gasteiger partial charge in [0.05, 0.1) is 22.2 Å². The zero-order valence-corrected chi connectivity index (χ0v) is 12.3. The number of aliphatic carboxylic acids is 1. The van der Waals surface area contributed by atoms with E-state index >= 15 is 0 Å². The number of hydrogen-bond acceptors (Lipinski definition) is 5. The Bertz CT molecular complexity index is 766. The van der Waals surface area contributed by atoms with E-state index in [1.165, 1.54) is 0 Å². The number of carboxylic acids is 1. The molecule has 0 bridgehead atoms. The first-order valence-corrected chi connectivity index (χ1v) is 7.41. The number of anilines is 1. The van der Waals surface area contributed by atoms with Crippen molar-refractivity contribution in [2.75, 3.05) is 5.01 Å². The van der Waals surface area contributed by atoms with Gasteiger partial charge in [-0.15, -0.1) is 0 Å². The summed E-state index contributed by atoms with van der Waals surface area (Å²) >= 11 is 11.4. The Kier molecular flexibility index (Phi) is 3.93. The number of amides is 1. The van der Waals surface area contributed by atoms with E-state index in [1.54, 1.807) is 0 Å². The Labute approximate surface area is 128 Å². The smallest absolute Gasteiger partial charge is 0.352 e. The van der Waals surface area contributed by atoms with E-state index in [-0.39, 0.29) is 11.4 Å². The predicted molar refractivity (Wildman–Crippen MR) is 73.5 cm³/mol. The maximum absolute atomic E-state index is 11.7. The van der Waals surface area contributed by atoms with Crippen molar-refractivity contribution in [1.29, 1.82) is 0 Å². The third-order valence-electron chi connectivity index (χ3n) is 2.51. The predicted octanol–water partition coefficient (Wildman–Crippen LogP) is 1.42. The molecular weight excluding hydrogens is 347 g/mol. The zero-order valence-electron chi connectivity index (χ0n) is 9.95. The quantitative estimate of drug-likeness (QED) is 0.792. The monoisotopic (exact) mass is 352 g/mol. The van der Waals surface area contributed by atoms with Crippen molar-refractivity contribution in [3.05, 3.63) is 22.2 Å². The van der Waals surface area contributed by atoms with Crippen LogP contribution in [0.4, 0.5) is 5.69 Å². The molecule has 112 valence electrons. The highest BCUT2D eigenvalue weighted by Gasteiger charge is 2.31. The number of halogens is 2. The second kappa shape index (κ2) is 5.26. The van der Waals surface area contributed by atoms with E-state index < -0.39 is 43.4 Å². The second-order valence-corrected chi connectivity index (χ2v) is 6.12. The number of carbonyl (C=O) groups is 2. The minimum Gasteiger partial charge on any atom is -0.477 e. The van der Waals surface area contributed by atoms with Gasteiger partial charge in [-0.1, -0.05) is 23.2 Å². The molecule has 0 saturated heterocycles. The Morgan fingerprint density at radius 1 is 1.29 bits per heavy atom. The molecule has 0 aromatic heterocycles. The van der Waals surface area contributed by atoms with Crippen molar-refractivity contribution in [3.8, 4) is 0 Å². The Balaban J connectivity index is 2.53. The maximum Gasteiger partial charge on any atom is 0.352 e. The lowest BCUT2D eigenvalue weighted by molar-refractivity contribution is -0.129. The van der Waals surface area contributed by atoms with Gasteiger partial charge in [-0.25, -0.2) is 4.79 Å². The van der Waals surface area contributed by atoms with Gasteiger partial charge in [0.25, 0.3) is 16.0 Å². The van der Waals surface area contributed by atoms with E-state index in [2.05, 4.69) is 5.10 Å². The van der Waals surface area contributed by atoms with E-state index in [0.717, 1.165) is 17.1 Å². The largest absolute Gasteiger partial charge is 0.477 e. The Hall–Kier alpha value is -1.68. The van der Waals surface area contributed by atoms with Crippen molar-refractivity contribution in [2.45, 2.75) is 11.3 Å². The molecule has 0 aliphatic carbocycles. The molecule has 1 aliphatic heterocycles. The molecule has 2 rings (SSSR count). The standard InChI is InChI=1S/C10H6Cl2N2O6S/c11-5-1-4(2-6(12)9(5)21(18,19)20)14-8(15)3-7(13-14)10(16)17/h1-2H,3H2,(H,16,17)(H,18,19,20). The molecule has 2 N–H and O–H groups in total. The van der Waals surface area contributed by atoms with Crippen LogP contribution in [-0.4, -0.2) is 35.7 Å². The van der Waals surface area contributed by atoms with Crippen molar-refractivity contribution < 1.29 is 27.7 Å². The van der Waals surface area contributed by atoms with Gasteiger partial charge in [0.15, 0.2) is 5.71 Å². The summed E-state index contributed by atoms with van der Waals surface area (Å²) in [5.74, 6) is -1.99. The normalized spacial score (nSPS) is 15.3. The van der Waals surface area contributed by atoms with Crippen LogP contribution in [0.25, 0.3) is 0 Å². The van der Waals surface area contributed by atoms with E-state index in [1.807, 2.05) is 0 Å². The van der Waals surface area contributed by atoms with Crippen LogP contribution in [0, 0.1) is 0 Å². The van der Waals surface area contributed by atoms with Crippen LogP contribution in [0.3, 0.4) is 0 Å². The van der Waals surface area contributed by atoms with Crippen LogP contribution in [0.15, 0.2) is 22.1 Å². The molecule has 21 heavy (non-hydrogen) atoms. The highest BCUT2D eigenvalue weighted by molar-refractivity contribution is 7.86. The van der Waals surface area contributed by atoms with Gasteiger partial charge >= 0.3 is 5.97 Å². The molecule has 0 atom stereocenters. The van der Waals surface area contributed by atoms with Crippen LogP contribution in [0.5, 0.6) is 0 Å². The summed E-state index contributed by atoms with van der Waals surface area (Å²) in [5, 5.41) is 12.3. The number of benzene rings is 1. The molecule has 1 aliphatic rings. The molecule has 1 heterocycles. The molecule has 0 saturated carbocycles. The summed E-state index contributed by atoms with van der Waals surface area (Å²) < 4.78 is 31.2. The molecule has 1 aromatic carbocycles. The number of nitrogens with zero attached hydrogens (tertiary/aromatic N) is 2. The number of hydrazone groups is 1. The van der Waals surface area contributed by atoms with E-state index in [9.17, 15) is 18.0 Å². The average Bonchev–Trinajstić information content (AvgIpc) is 2.68. The highest BCUT2D eigenvalue weighted by Crippen LogP contribution is 2.35. The van der Waals surface area contributed by atoms with Crippen molar-refractivity contribution in [2.24, 2.45) is 5.10 Å². The molecular formula is C10H6Cl2N2O6S. The van der Waals surface area contributed by atoms with Gasteiger partial charge in [-0.3, -0.25) is 9.35 Å². The molecule has 8 nitrogen and oxygen atoms in total. The number of rotatable bonds is 3. The van der Waals surface area contributed by atoms with Crippen molar-refractivity contribution >= 4 is 56.6 Å². The van der Waals surface area contributed by atoms with Crippen LogP contribution in [0.1, 0.15) is 6.42 Å². The van der Waals surface area contributed by atoms with Gasteiger partial charge in [0.2, 0.25) is 0 Å². The molecule has 0 fully saturated rings. The minimum atomic E-state index is -4.64. The first-order chi connectivity index (χ1) is 9.61. The lowest BCUT2D eigenvalue weighted by atomic mass is 10.2. The van der Waals surface area contributed by atoms with Gasteiger partial charge in [-0.05, 0) is 12.1 Å². The van der Waals surface area contributed by atoms with E-state index in [4.69, 9.17) is 32.9 Å². The fourth-order valence-electron chi connectivity index (χ4n) is 1.67. The zero-order chi connectivity index (χ0) is 15.9. The van der Waals surface area contributed by atoms with Crippen LogP contribution in [-0.2, 0) is 19.7 Å². The summed E-state index contributed by atoms with van der Waals surface area (Å²) in [6.45, 7) is 0. The SMILES string of the molecule is O=C(O)C1=NN(c2cc(Cl)c(S(=O)(=O)O)c(Cl)c2)C(=O)C1. The van der Waals surface area contributed by atoms with Gasteiger partial charge in [-0.2, -0.15) is 18.5 Å². The fourth-order valence-corrected chi connectivity index (χ4v) is 3.34. The number of carboxylic acid groups (broad SMARTS) is 1. The molecule has 0 spiro atoms. The van der Waals surface area contributed by atoms with Crippen LogP contribution < -0.4 is 5.01 Å². The summed E-state index contributed by atoms with van der Waals surface area (Å²) in [6, 6.07) is 2.06. The van der Waals surface area contributed by atoms with Gasteiger partial charge in [0, 0.05) is 0 Å². The highest BCUT2D eigenvalue weighted by atomic mass is 35.5. The molecule has 1 aromatic rings. The third-order valence-corrected chi connectivity index (χ3v) is 4.28. The first-order valence-electron chi connectivity index (χ1n) is 5.21. The number of hydrogen-bond donors (Lipinski definition) is 2. The van der Waals surface area contributed by atoms with E-state index in [0.29, 0.717) is 0 Å². The fraction of sp³-hybridized carbons (Fsp3) is 0.100. The second-order valence-electron chi connectivity index (χ2n) is 3.95. The topological polar surface area (TPSA) is 124 Å². The summed E-state index contributed by atoms with van der Waals surface area (Å²) in [4.78, 5) is 21.8. The Morgan fingerprint density at radius 3 is 2.19 bits per heavy atom. The van der Waals surface area contributed by atoms with Crippen LogP contribution in [0.2, 0.25) is 10.0 Å². The summed E-state index contributed by atoms with van der Waals surface area (Å²) in [7, 11) is -4.64. The molecule has 0 radical (unpaired) electrons. The minimum absolute atomic E-state index is 0.0151. The molecule has 0 unspecified atom stereocenters. The van der Waals surface area contributed by atoms with Gasteiger partial charge in [0.1, 0.15) is 4.90 Å². The van der Waals surface area contributed by atoms with Crippen molar-refractivity contribution in [3.63, 3.8) is 0 Å². The average molecular weight is 353 g/mol. The first kappa shape index (κ1) is 15.7. The lowest BCUT2D eigenvalue weighted by Crippen LogP contribution is -2.20. The Morgan fingerprint density at radius 2 is 1.81 bits per heavy atom. The number of carbonyl (C=O) groups excluding carboxylic acids is 1. The molecule has 11 heteroatoms. The summed E-state index contributed by atoms with van der Waals surface area (Å²) in [6.07, 6.45) is -0.412. The van der Waals surface area contributed by atoms with Crippen LogP contribution >= 0.6 is 23.2 Å².